The van der Waals surface area contributed by atoms with Crippen molar-refractivity contribution in [1.82, 2.24) is 10.6 Å². The first-order chi connectivity index (χ1) is 10.5. The van der Waals surface area contributed by atoms with Gasteiger partial charge in [0.05, 0.1) is 19.8 Å². The summed E-state index contributed by atoms with van der Waals surface area (Å²) in [5.74, 6) is -1.04. The number of nitrogens with one attached hydrogen (secondary N) is 2. The number of aliphatic hydroxyl groups excluding tert-OH is 2. The molecule has 3 atom stereocenters. The summed E-state index contributed by atoms with van der Waals surface area (Å²) >= 11 is 0. The van der Waals surface area contributed by atoms with Gasteiger partial charge in [-0.2, -0.15) is 0 Å². The van der Waals surface area contributed by atoms with Crippen molar-refractivity contribution in [2.45, 2.75) is 37.7 Å². The summed E-state index contributed by atoms with van der Waals surface area (Å²) in [5.41, 5.74) is 0.156. The van der Waals surface area contributed by atoms with Crippen LogP contribution in [0.5, 0.6) is 0 Å². The minimum Gasteiger partial charge on any atom is -0.469 e. The maximum atomic E-state index is 12.1. The van der Waals surface area contributed by atoms with Gasteiger partial charge in [0.15, 0.2) is 0 Å². The van der Waals surface area contributed by atoms with Crippen LogP contribution < -0.4 is 10.6 Å². The molecule has 22 heavy (non-hydrogen) atoms. The molecule has 0 aromatic rings. The number of esters is 1. The summed E-state index contributed by atoms with van der Waals surface area (Å²) in [6.45, 7) is -0.356. The standard InChI is InChI=1S/C13H20N2O7/c1-21-12(19)3-2-8(5-14-7-17)13(20)15-11-4-9(18)10(6-16)22-11/h5,7,9-11,16,18H,2-4,6H2,1H3,(H,14,17)(H,15,20)/b8-5-. The Hall–Kier alpha value is -1.97. The second kappa shape index (κ2) is 9.13. The Morgan fingerprint density at radius 2 is 2.14 bits per heavy atom. The van der Waals surface area contributed by atoms with Gasteiger partial charge in [0.1, 0.15) is 12.3 Å². The van der Waals surface area contributed by atoms with E-state index in [1.165, 1.54) is 13.3 Å². The summed E-state index contributed by atoms with van der Waals surface area (Å²) in [6, 6.07) is 0. The van der Waals surface area contributed by atoms with Crippen LogP contribution in [0.2, 0.25) is 0 Å². The average Bonchev–Trinajstić information content (AvgIpc) is 2.86. The van der Waals surface area contributed by atoms with Crippen LogP contribution in [0.1, 0.15) is 19.3 Å². The predicted octanol–water partition coefficient (Wildman–Crippen LogP) is -1.85. The van der Waals surface area contributed by atoms with Crippen LogP contribution in [0, 0.1) is 0 Å². The van der Waals surface area contributed by atoms with E-state index in [1.807, 2.05) is 0 Å². The molecule has 0 aliphatic carbocycles. The van der Waals surface area contributed by atoms with E-state index in [-0.39, 0.29) is 31.4 Å². The third kappa shape index (κ3) is 5.43. The first kappa shape index (κ1) is 18.1. The highest BCUT2D eigenvalue weighted by Gasteiger charge is 2.34. The maximum absolute atomic E-state index is 12.1. The van der Waals surface area contributed by atoms with Crippen molar-refractivity contribution in [3.63, 3.8) is 0 Å². The van der Waals surface area contributed by atoms with Crippen LogP contribution in [0.15, 0.2) is 11.8 Å². The molecule has 2 amide bonds. The molecule has 0 radical (unpaired) electrons. The monoisotopic (exact) mass is 316 g/mol. The van der Waals surface area contributed by atoms with Gasteiger partial charge in [-0.15, -0.1) is 0 Å². The normalized spacial score (nSPS) is 24.7. The number of rotatable bonds is 8. The van der Waals surface area contributed by atoms with Gasteiger partial charge >= 0.3 is 5.97 Å². The van der Waals surface area contributed by atoms with Crippen LogP contribution in [-0.2, 0) is 23.9 Å². The molecular formula is C13H20N2O7. The van der Waals surface area contributed by atoms with E-state index >= 15 is 0 Å². The highest BCUT2D eigenvalue weighted by atomic mass is 16.5. The molecule has 0 spiro atoms. The smallest absolute Gasteiger partial charge is 0.305 e. The van der Waals surface area contributed by atoms with Crippen molar-refractivity contribution in [3.05, 3.63) is 11.8 Å². The summed E-state index contributed by atoms with van der Waals surface area (Å²) in [4.78, 5) is 33.6. The molecule has 1 fully saturated rings. The van der Waals surface area contributed by atoms with Crippen LogP contribution in [-0.4, -0.2) is 60.7 Å². The summed E-state index contributed by atoms with van der Waals surface area (Å²) in [6.07, 6.45) is -0.614. The van der Waals surface area contributed by atoms with Crippen LogP contribution in [0.3, 0.4) is 0 Å². The van der Waals surface area contributed by atoms with Crippen LogP contribution in [0.25, 0.3) is 0 Å². The molecule has 1 saturated heterocycles. The SMILES string of the molecule is COC(=O)CC/C(=C/NC=O)C(=O)NC1CC(O)C(CO)O1. The summed E-state index contributed by atoms with van der Waals surface area (Å²) < 4.78 is 9.74. The number of carbonyl (C=O) groups is 3. The summed E-state index contributed by atoms with van der Waals surface area (Å²) in [7, 11) is 1.23. The lowest BCUT2D eigenvalue weighted by Crippen LogP contribution is -2.36. The minimum absolute atomic E-state index is 0.0241. The quantitative estimate of drug-likeness (QED) is 0.235. The summed E-state index contributed by atoms with van der Waals surface area (Å²) in [5, 5.41) is 23.3. The van der Waals surface area contributed by atoms with E-state index in [2.05, 4.69) is 15.4 Å². The minimum atomic E-state index is -0.870. The van der Waals surface area contributed by atoms with Crippen molar-refractivity contribution >= 4 is 18.3 Å². The van der Waals surface area contributed by atoms with Gasteiger partial charge in [0.2, 0.25) is 6.41 Å². The Morgan fingerprint density at radius 1 is 1.41 bits per heavy atom. The van der Waals surface area contributed by atoms with E-state index in [0.717, 1.165) is 0 Å². The number of hydrogen-bond donors (Lipinski definition) is 4. The second-order valence-corrected chi connectivity index (χ2v) is 4.65. The molecule has 1 aliphatic rings. The number of aliphatic hydroxyl groups is 2. The van der Waals surface area contributed by atoms with Gasteiger partial charge < -0.3 is 30.3 Å². The lowest BCUT2D eigenvalue weighted by molar-refractivity contribution is -0.140. The molecule has 0 aromatic carbocycles. The number of hydrogen-bond acceptors (Lipinski definition) is 7. The lowest BCUT2D eigenvalue weighted by atomic mass is 10.1. The zero-order valence-electron chi connectivity index (χ0n) is 12.2. The molecule has 4 N–H and O–H groups in total. The molecule has 1 rings (SSSR count). The molecular weight excluding hydrogens is 296 g/mol. The number of methoxy groups -OCH3 is 1. The second-order valence-electron chi connectivity index (χ2n) is 4.65. The van der Waals surface area contributed by atoms with E-state index in [9.17, 15) is 19.5 Å². The average molecular weight is 316 g/mol. The van der Waals surface area contributed by atoms with Crippen molar-refractivity contribution in [2.24, 2.45) is 0 Å². The lowest BCUT2D eigenvalue weighted by Gasteiger charge is -2.15. The number of amides is 2. The fourth-order valence-electron chi connectivity index (χ4n) is 1.95. The van der Waals surface area contributed by atoms with Gasteiger partial charge in [0.25, 0.3) is 5.91 Å². The fourth-order valence-corrected chi connectivity index (χ4v) is 1.95. The topological polar surface area (TPSA) is 134 Å². The van der Waals surface area contributed by atoms with Crippen molar-refractivity contribution in [3.8, 4) is 0 Å². The first-order valence-electron chi connectivity index (χ1n) is 6.72. The Morgan fingerprint density at radius 3 is 2.68 bits per heavy atom. The molecule has 1 aliphatic heterocycles. The van der Waals surface area contributed by atoms with Crippen LogP contribution in [0.4, 0.5) is 0 Å². The van der Waals surface area contributed by atoms with Crippen molar-refractivity contribution in [1.29, 1.82) is 0 Å². The molecule has 3 unspecified atom stereocenters. The molecule has 124 valence electrons. The van der Waals surface area contributed by atoms with Crippen molar-refractivity contribution in [2.75, 3.05) is 13.7 Å². The van der Waals surface area contributed by atoms with E-state index < -0.39 is 30.3 Å². The highest BCUT2D eigenvalue weighted by molar-refractivity contribution is 5.94. The Bertz CT molecular complexity index is 438. The van der Waals surface area contributed by atoms with E-state index in [0.29, 0.717) is 6.41 Å². The zero-order valence-corrected chi connectivity index (χ0v) is 12.2. The largest absolute Gasteiger partial charge is 0.469 e. The van der Waals surface area contributed by atoms with Gasteiger partial charge in [-0.25, -0.2) is 0 Å². The van der Waals surface area contributed by atoms with E-state index in [4.69, 9.17) is 9.84 Å². The zero-order chi connectivity index (χ0) is 16.5. The van der Waals surface area contributed by atoms with Gasteiger partial charge in [0, 0.05) is 24.6 Å². The third-order valence-electron chi connectivity index (χ3n) is 3.14. The fraction of sp³-hybridized carbons (Fsp3) is 0.615. The number of ether oxygens (including phenoxy) is 2. The Labute approximate surface area is 127 Å². The molecule has 1 heterocycles. The molecule has 0 saturated carbocycles. The van der Waals surface area contributed by atoms with Gasteiger partial charge in [-0.05, 0) is 6.42 Å². The number of carbonyl (C=O) groups excluding carboxylic acids is 3. The van der Waals surface area contributed by atoms with Gasteiger partial charge in [-0.1, -0.05) is 0 Å². The Balaban J connectivity index is 2.60. The Kier molecular flexibility index (Phi) is 7.50. The first-order valence-corrected chi connectivity index (χ1v) is 6.72. The van der Waals surface area contributed by atoms with Crippen molar-refractivity contribution < 1.29 is 34.1 Å². The molecule has 0 bridgehead atoms. The molecule has 9 heteroatoms. The molecule has 9 nitrogen and oxygen atoms in total. The highest BCUT2D eigenvalue weighted by Crippen LogP contribution is 2.19. The van der Waals surface area contributed by atoms with E-state index in [1.54, 1.807) is 0 Å². The third-order valence-corrected chi connectivity index (χ3v) is 3.14. The van der Waals surface area contributed by atoms with Gasteiger partial charge in [-0.3, -0.25) is 14.4 Å². The van der Waals surface area contributed by atoms with Crippen LogP contribution >= 0.6 is 0 Å². The maximum Gasteiger partial charge on any atom is 0.305 e. The predicted molar refractivity (Wildman–Crippen MR) is 73.0 cm³/mol. The molecule has 0 aromatic heterocycles.